The van der Waals surface area contributed by atoms with E-state index in [1.807, 2.05) is 0 Å². The van der Waals surface area contributed by atoms with E-state index in [-0.39, 0.29) is 11.8 Å². The molecule has 0 aliphatic heterocycles. The number of carbonyl (C=O) groups is 2. The molecule has 0 bridgehead atoms. The highest BCUT2D eigenvalue weighted by atomic mass is 16.2. The predicted molar refractivity (Wildman–Crippen MR) is 71.4 cm³/mol. The molecule has 98 valence electrons. The van der Waals surface area contributed by atoms with Crippen molar-refractivity contribution in [3.05, 3.63) is 29.8 Å². The van der Waals surface area contributed by atoms with Crippen LogP contribution in [0.4, 0.5) is 5.69 Å². The molecule has 2 amide bonds. The van der Waals surface area contributed by atoms with Crippen LogP contribution in [0.3, 0.4) is 0 Å². The van der Waals surface area contributed by atoms with Gasteiger partial charge in [0.15, 0.2) is 0 Å². The maximum absolute atomic E-state index is 11.8. The van der Waals surface area contributed by atoms with Crippen molar-refractivity contribution in [2.75, 3.05) is 26.0 Å². The minimum absolute atomic E-state index is 0.0881. The highest BCUT2D eigenvalue weighted by Crippen LogP contribution is 2.12. The Labute approximate surface area is 107 Å². The lowest BCUT2D eigenvalue weighted by Gasteiger charge is -2.11. The molecule has 0 aromatic heterocycles. The minimum atomic E-state index is -0.0898. The number of hydrogen-bond donors (Lipinski definition) is 2. The molecule has 0 heterocycles. The second kappa shape index (κ2) is 6.76. The Bertz CT molecular complexity index is 430. The third kappa shape index (κ3) is 4.18. The summed E-state index contributed by atoms with van der Waals surface area (Å²) in [5, 5.41) is 2.75. The summed E-state index contributed by atoms with van der Waals surface area (Å²) in [5.74, 6) is -0.178. The van der Waals surface area contributed by atoms with Crippen molar-refractivity contribution in [2.24, 2.45) is 5.73 Å². The third-order valence-electron chi connectivity index (χ3n) is 2.41. The van der Waals surface area contributed by atoms with E-state index in [9.17, 15) is 9.59 Å². The Morgan fingerprint density at radius 1 is 1.33 bits per heavy atom. The summed E-state index contributed by atoms with van der Waals surface area (Å²) >= 11 is 0. The molecule has 0 radical (unpaired) electrons. The minimum Gasteiger partial charge on any atom is -0.345 e. The number of nitrogens with two attached hydrogens (primary N) is 1. The zero-order chi connectivity index (χ0) is 13.5. The van der Waals surface area contributed by atoms with Gasteiger partial charge in [0.05, 0.1) is 0 Å². The normalized spacial score (nSPS) is 9.94. The molecule has 0 aliphatic carbocycles. The molecular weight excluding hydrogens is 230 g/mol. The summed E-state index contributed by atoms with van der Waals surface area (Å²) < 4.78 is 0. The van der Waals surface area contributed by atoms with E-state index >= 15 is 0 Å². The van der Waals surface area contributed by atoms with Crippen LogP contribution in [0.15, 0.2) is 24.3 Å². The predicted octanol–water partition coefficient (Wildman–Crippen LogP) is 1.07. The van der Waals surface area contributed by atoms with Gasteiger partial charge >= 0.3 is 0 Å². The number of nitrogens with zero attached hydrogens (tertiary/aromatic N) is 1. The van der Waals surface area contributed by atoms with Crippen molar-refractivity contribution >= 4 is 17.5 Å². The van der Waals surface area contributed by atoms with Gasteiger partial charge in [-0.05, 0) is 31.2 Å². The maximum Gasteiger partial charge on any atom is 0.253 e. The standard InChI is InChI=1S/C13H19N3O2/c1-16(2)13(18)10-5-3-6-11(9-10)15-12(17)7-4-8-14/h3,5-6,9H,4,7-8,14H2,1-2H3,(H,15,17). The fourth-order valence-corrected chi connectivity index (χ4v) is 1.47. The number of carbonyl (C=O) groups excluding carboxylic acids is 2. The third-order valence-corrected chi connectivity index (χ3v) is 2.41. The quantitative estimate of drug-likeness (QED) is 0.819. The second-order valence-electron chi connectivity index (χ2n) is 4.22. The van der Waals surface area contributed by atoms with Crippen LogP contribution in [-0.4, -0.2) is 37.4 Å². The molecule has 0 spiro atoms. The molecule has 18 heavy (non-hydrogen) atoms. The lowest BCUT2D eigenvalue weighted by atomic mass is 10.1. The van der Waals surface area contributed by atoms with E-state index < -0.39 is 0 Å². The molecule has 5 nitrogen and oxygen atoms in total. The molecule has 1 aromatic carbocycles. The number of amides is 2. The van der Waals surface area contributed by atoms with E-state index in [0.717, 1.165) is 0 Å². The van der Waals surface area contributed by atoms with Crippen molar-refractivity contribution < 1.29 is 9.59 Å². The molecule has 3 N–H and O–H groups in total. The van der Waals surface area contributed by atoms with Gasteiger partial charge < -0.3 is 16.0 Å². The Hall–Kier alpha value is -1.88. The Morgan fingerprint density at radius 3 is 2.67 bits per heavy atom. The fraction of sp³-hybridized carbons (Fsp3) is 0.385. The van der Waals surface area contributed by atoms with Crippen molar-refractivity contribution in [2.45, 2.75) is 12.8 Å². The summed E-state index contributed by atoms with van der Waals surface area (Å²) in [6.07, 6.45) is 1.05. The zero-order valence-corrected chi connectivity index (χ0v) is 10.8. The molecule has 0 saturated heterocycles. The average molecular weight is 249 g/mol. The van der Waals surface area contributed by atoms with E-state index in [4.69, 9.17) is 5.73 Å². The summed E-state index contributed by atoms with van der Waals surface area (Å²) in [6.45, 7) is 0.493. The van der Waals surface area contributed by atoms with Gasteiger partial charge in [0.1, 0.15) is 0 Å². The van der Waals surface area contributed by atoms with Crippen LogP contribution in [0, 0.1) is 0 Å². The molecule has 5 heteroatoms. The van der Waals surface area contributed by atoms with Gasteiger partial charge in [-0.25, -0.2) is 0 Å². The number of nitrogens with one attached hydrogen (secondary N) is 1. The molecule has 1 aromatic rings. The second-order valence-corrected chi connectivity index (χ2v) is 4.22. The molecule has 0 fully saturated rings. The van der Waals surface area contributed by atoms with E-state index in [1.165, 1.54) is 4.90 Å². The van der Waals surface area contributed by atoms with E-state index in [1.54, 1.807) is 38.4 Å². The van der Waals surface area contributed by atoms with Gasteiger partial charge in [-0.2, -0.15) is 0 Å². The highest BCUT2D eigenvalue weighted by molar-refractivity contribution is 5.96. The van der Waals surface area contributed by atoms with Gasteiger partial charge in [-0.3, -0.25) is 9.59 Å². The van der Waals surface area contributed by atoms with Crippen LogP contribution in [0.25, 0.3) is 0 Å². The van der Waals surface area contributed by atoms with Gasteiger partial charge in [0.25, 0.3) is 5.91 Å². The number of anilines is 1. The van der Waals surface area contributed by atoms with E-state index in [0.29, 0.717) is 30.6 Å². The first-order valence-electron chi connectivity index (χ1n) is 5.86. The summed E-state index contributed by atoms with van der Waals surface area (Å²) in [7, 11) is 3.38. The molecule has 0 saturated carbocycles. The maximum atomic E-state index is 11.8. The first kappa shape index (κ1) is 14.2. The Morgan fingerprint density at radius 2 is 2.06 bits per heavy atom. The molecule has 0 unspecified atom stereocenters. The first-order chi connectivity index (χ1) is 8.54. The van der Waals surface area contributed by atoms with Crippen LogP contribution >= 0.6 is 0 Å². The number of benzene rings is 1. The summed E-state index contributed by atoms with van der Waals surface area (Å²) in [4.78, 5) is 24.8. The van der Waals surface area contributed by atoms with Gasteiger partial charge in [0.2, 0.25) is 5.91 Å². The summed E-state index contributed by atoms with van der Waals surface area (Å²) in [5.41, 5.74) is 6.52. The number of rotatable bonds is 5. The van der Waals surface area contributed by atoms with Gasteiger partial charge in [-0.1, -0.05) is 6.07 Å². The van der Waals surface area contributed by atoms with Gasteiger partial charge in [0, 0.05) is 31.8 Å². The lowest BCUT2D eigenvalue weighted by Crippen LogP contribution is -2.22. The van der Waals surface area contributed by atoms with Crippen molar-refractivity contribution in [1.29, 1.82) is 0 Å². The van der Waals surface area contributed by atoms with Gasteiger partial charge in [-0.15, -0.1) is 0 Å². The molecule has 0 aliphatic rings. The monoisotopic (exact) mass is 249 g/mol. The average Bonchev–Trinajstić information content (AvgIpc) is 2.35. The topological polar surface area (TPSA) is 75.4 Å². The molecule has 0 atom stereocenters. The SMILES string of the molecule is CN(C)C(=O)c1cccc(NC(=O)CCCN)c1. The van der Waals surface area contributed by atoms with Crippen LogP contribution in [0.1, 0.15) is 23.2 Å². The highest BCUT2D eigenvalue weighted by Gasteiger charge is 2.09. The van der Waals surface area contributed by atoms with Crippen LogP contribution in [0.2, 0.25) is 0 Å². The molecule has 1 rings (SSSR count). The Kier molecular flexibility index (Phi) is 5.32. The smallest absolute Gasteiger partial charge is 0.253 e. The van der Waals surface area contributed by atoms with Crippen molar-refractivity contribution in [3.63, 3.8) is 0 Å². The fourth-order valence-electron chi connectivity index (χ4n) is 1.47. The zero-order valence-electron chi connectivity index (χ0n) is 10.8. The largest absolute Gasteiger partial charge is 0.345 e. The van der Waals surface area contributed by atoms with Crippen LogP contribution in [0.5, 0.6) is 0 Å². The Balaban J connectivity index is 2.70. The van der Waals surface area contributed by atoms with Crippen LogP contribution in [-0.2, 0) is 4.79 Å². The van der Waals surface area contributed by atoms with E-state index in [2.05, 4.69) is 5.32 Å². The lowest BCUT2D eigenvalue weighted by molar-refractivity contribution is -0.116. The number of hydrogen-bond acceptors (Lipinski definition) is 3. The van der Waals surface area contributed by atoms with Crippen molar-refractivity contribution in [1.82, 2.24) is 4.90 Å². The molecular formula is C13H19N3O2. The van der Waals surface area contributed by atoms with Crippen molar-refractivity contribution in [3.8, 4) is 0 Å². The first-order valence-corrected chi connectivity index (χ1v) is 5.86. The summed E-state index contributed by atoms with van der Waals surface area (Å²) in [6, 6.07) is 6.89. The van der Waals surface area contributed by atoms with Crippen LogP contribution < -0.4 is 11.1 Å².